The lowest BCUT2D eigenvalue weighted by molar-refractivity contribution is -0.137. The van der Waals surface area contributed by atoms with Crippen LogP contribution >= 0.6 is 0 Å². The zero-order valence-corrected chi connectivity index (χ0v) is 10.5. The van der Waals surface area contributed by atoms with Crippen LogP contribution in [-0.2, 0) is 12.7 Å². The van der Waals surface area contributed by atoms with Crippen molar-refractivity contribution in [1.82, 2.24) is 5.32 Å². The molecule has 1 nitrogen and oxygen atoms in total. The molecule has 1 fully saturated rings. The monoisotopic (exact) mass is 257 g/mol. The Hall–Kier alpha value is -1.03. The van der Waals surface area contributed by atoms with Crippen LogP contribution in [0, 0.1) is 5.41 Å². The molecule has 0 amide bonds. The van der Waals surface area contributed by atoms with Crippen LogP contribution in [-0.4, -0.2) is 6.54 Å². The molecule has 0 spiro atoms. The first-order valence-electron chi connectivity index (χ1n) is 6.26. The van der Waals surface area contributed by atoms with Gasteiger partial charge in [-0.25, -0.2) is 0 Å². The lowest BCUT2D eigenvalue weighted by atomic mass is 9.70. The average Bonchev–Trinajstić information content (AvgIpc) is 2.26. The fourth-order valence-electron chi connectivity index (χ4n) is 2.32. The molecule has 0 atom stereocenters. The van der Waals surface area contributed by atoms with Gasteiger partial charge in [-0.15, -0.1) is 0 Å². The largest absolute Gasteiger partial charge is 0.416 e. The first-order chi connectivity index (χ1) is 8.39. The molecular weight excluding hydrogens is 239 g/mol. The van der Waals surface area contributed by atoms with E-state index in [4.69, 9.17) is 0 Å². The Balaban J connectivity index is 1.89. The summed E-state index contributed by atoms with van der Waals surface area (Å²) in [5.41, 5.74) is 0.464. The van der Waals surface area contributed by atoms with Gasteiger partial charge in [-0.2, -0.15) is 13.2 Å². The highest BCUT2D eigenvalue weighted by Gasteiger charge is 2.31. The Morgan fingerprint density at radius 1 is 1.28 bits per heavy atom. The summed E-state index contributed by atoms with van der Waals surface area (Å²) in [6, 6.07) is 5.52. The number of nitrogens with one attached hydrogen (secondary N) is 1. The summed E-state index contributed by atoms with van der Waals surface area (Å²) in [6.07, 6.45) is -0.567. The summed E-state index contributed by atoms with van der Waals surface area (Å²) < 4.78 is 37.6. The molecule has 18 heavy (non-hydrogen) atoms. The maximum Gasteiger partial charge on any atom is 0.416 e. The molecule has 4 heteroatoms. The van der Waals surface area contributed by atoms with E-state index in [0.29, 0.717) is 17.5 Å². The molecule has 0 bridgehead atoms. The minimum Gasteiger partial charge on any atom is -0.312 e. The van der Waals surface area contributed by atoms with Gasteiger partial charge in [-0.1, -0.05) is 31.5 Å². The van der Waals surface area contributed by atoms with Crippen molar-refractivity contribution in [3.8, 4) is 0 Å². The van der Waals surface area contributed by atoms with E-state index in [2.05, 4.69) is 12.2 Å². The van der Waals surface area contributed by atoms with Crippen molar-refractivity contribution in [2.75, 3.05) is 6.54 Å². The van der Waals surface area contributed by atoms with Crippen LogP contribution in [0.1, 0.15) is 37.3 Å². The third-order valence-electron chi connectivity index (χ3n) is 3.70. The summed E-state index contributed by atoms with van der Waals surface area (Å²) in [6.45, 7) is 3.60. The highest BCUT2D eigenvalue weighted by molar-refractivity contribution is 5.25. The van der Waals surface area contributed by atoms with Crippen molar-refractivity contribution in [3.63, 3.8) is 0 Å². The van der Waals surface area contributed by atoms with Gasteiger partial charge in [-0.3, -0.25) is 0 Å². The van der Waals surface area contributed by atoms with Crippen LogP contribution in [0.15, 0.2) is 24.3 Å². The van der Waals surface area contributed by atoms with Crippen LogP contribution in [0.25, 0.3) is 0 Å². The second-order valence-electron chi connectivity index (χ2n) is 5.47. The third-order valence-corrected chi connectivity index (χ3v) is 3.70. The smallest absolute Gasteiger partial charge is 0.312 e. The lowest BCUT2D eigenvalue weighted by Crippen LogP contribution is -2.36. The van der Waals surface area contributed by atoms with E-state index in [-0.39, 0.29) is 0 Å². The zero-order chi connectivity index (χ0) is 13.2. The van der Waals surface area contributed by atoms with Crippen LogP contribution in [0.4, 0.5) is 13.2 Å². The van der Waals surface area contributed by atoms with Crippen molar-refractivity contribution in [1.29, 1.82) is 0 Å². The Labute approximate surface area is 105 Å². The SMILES string of the molecule is CC1(CNCc2cccc(C(F)(F)F)c2)CCC1. The number of hydrogen-bond acceptors (Lipinski definition) is 1. The normalized spacial score (nSPS) is 18.4. The van der Waals surface area contributed by atoms with Gasteiger partial charge in [0.15, 0.2) is 0 Å². The fourth-order valence-corrected chi connectivity index (χ4v) is 2.32. The molecule has 1 N–H and O–H groups in total. The van der Waals surface area contributed by atoms with Crippen molar-refractivity contribution in [2.45, 2.75) is 38.9 Å². The number of alkyl halides is 3. The zero-order valence-electron chi connectivity index (χ0n) is 10.5. The molecule has 0 heterocycles. The first-order valence-corrected chi connectivity index (χ1v) is 6.26. The van der Waals surface area contributed by atoms with Gasteiger partial charge in [0.05, 0.1) is 5.56 Å². The number of hydrogen-bond donors (Lipinski definition) is 1. The van der Waals surface area contributed by atoms with Crippen molar-refractivity contribution < 1.29 is 13.2 Å². The molecule has 0 saturated heterocycles. The fraction of sp³-hybridized carbons (Fsp3) is 0.571. The molecule has 0 aliphatic heterocycles. The molecular formula is C14H18F3N. The minimum absolute atomic E-state index is 0.349. The number of benzene rings is 1. The maximum absolute atomic E-state index is 12.5. The van der Waals surface area contributed by atoms with Gasteiger partial charge in [-0.05, 0) is 29.9 Å². The minimum atomic E-state index is -4.25. The van der Waals surface area contributed by atoms with E-state index in [1.54, 1.807) is 6.07 Å². The molecule has 1 aliphatic rings. The topological polar surface area (TPSA) is 12.0 Å². The van der Waals surface area contributed by atoms with E-state index >= 15 is 0 Å². The van der Waals surface area contributed by atoms with Crippen LogP contribution in [0.5, 0.6) is 0 Å². The average molecular weight is 257 g/mol. The summed E-state index contributed by atoms with van der Waals surface area (Å²) in [5, 5.41) is 3.26. The van der Waals surface area contributed by atoms with Crippen LogP contribution < -0.4 is 5.32 Å². The van der Waals surface area contributed by atoms with Crippen LogP contribution in [0.2, 0.25) is 0 Å². The number of halogens is 3. The van der Waals surface area contributed by atoms with E-state index in [1.165, 1.54) is 31.4 Å². The molecule has 1 aliphatic carbocycles. The van der Waals surface area contributed by atoms with Gasteiger partial charge in [0.25, 0.3) is 0 Å². The second-order valence-corrected chi connectivity index (χ2v) is 5.47. The van der Waals surface area contributed by atoms with E-state index in [1.807, 2.05) is 0 Å². The standard InChI is InChI=1S/C14H18F3N/c1-13(6-3-7-13)10-18-9-11-4-2-5-12(8-11)14(15,16)17/h2,4-5,8,18H,3,6-7,9-10H2,1H3. The molecule has 2 rings (SSSR count). The van der Waals surface area contributed by atoms with Crippen molar-refractivity contribution >= 4 is 0 Å². The van der Waals surface area contributed by atoms with Crippen molar-refractivity contribution in [2.24, 2.45) is 5.41 Å². The molecule has 1 aromatic rings. The maximum atomic E-state index is 12.5. The second kappa shape index (κ2) is 4.92. The third kappa shape index (κ3) is 3.25. The summed E-state index contributed by atoms with van der Waals surface area (Å²) in [7, 11) is 0. The Kier molecular flexibility index (Phi) is 3.66. The Morgan fingerprint density at radius 2 is 2.00 bits per heavy atom. The summed E-state index contributed by atoms with van der Waals surface area (Å²) in [5.74, 6) is 0. The Bertz CT molecular complexity index is 408. The molecule has 100 valence electrons. The van der Waals surface area contributed by atoms with Gasteiger partial charge < -0.3 is 5.32 Å². The number of rotatable bonds is 4. The predicted octanol–water partition coefficient (Wildman–Crippen LogP) is 3.99. The van der Waals surface area contributed by atoms with E-state index in [9.17, 15) is 13.2 Å². The van der Waals surface area contributed by atoms with Crippen LogP contribution in [0.3, 0.4) is 0 Å². The summed E-state index contributed by atoms with van der Waals surface area (Å²) in [4.78, 5) is 0. The molecule has 0 unspecified atom stereocenters. The van der Waals surface area contributed by atoms with Crippen molar-refractivity contribution in [3.05, 3.63) is 35.4 Å². The highest BCUT2D eigenvalue weighted by atomic mass is 19.4. The molecule has 1 saturated carbocycles. The Morgan fingerprint density at radius 3 is 2.56 bits per heavy atom. The van der Waals surface area contributed by atoms with Gasteiger partial charge in [0, 0.05) is 13.1 Å². The van der Waals surface area contributed by atoms with E-state index in [0.717, 1.165) is 12.6 Å². The quantitative estimate of drug-likeness (QED) is 0.860. The first kappa shape index (κ1) is 13.4. The van der Waals surface area contributed by atoms with Gasteiger partial charge in [0.1, 0.15) is 0 Å². The lowest BCUT2D eigenvalue weighted by Gasteiger charge is -2.38. The van der Waals surface area contributed by atoms with Gasteiger partial charge in [0.2, 0.25) is 0 Å². The predicted molar refractivity (Wildman–Crippen MR) is 65.1 cm³/mol. The van der Waals surface area contributed by atoms with Gasteiger partial charge >= 0.3 is 6.18 Å². The molecule has 0 radical (unpaired) electrons. The highest BCUT2D eigenvalue weighted by Crippen LogP contribution is 2.39. The van der Waals surface area contributed by atoms with E-state index < -0.39 is 11.7 Å². The molecule has 0 aromatic heterocycles. The molecule has 1 aromatic carbocycles. The summed E-state index contributed by atoms with van der Waals surface area (Å²) >= 11 is 0.